The summed E-state index contributed by atoms with van der Waals surface area (Å²) in [6.07, 6.45) is 1.56. The minimum Gasteiger partial charge on any atom is -0.478 e. The number of nitrogens with zero attached hydrogens (tertiary/aromatic N) is 1. The quantitative estimate of drug-likeness (QED) is 0.727. The first-order valence-electron chi connectivity index (χ1n) is 7.38. The molecule has 0 radical (unpaired) electrons. The molecule has 0 unspecified atom stereocenters. The molecular weight excluding hydrogens is 397 g/mol. The van der Waals surface area contributed by atoms with Crippen LogP contribution in [0.1, 0.15) is 21.5 Å². The van der Waals surface area contributed by atoms with Crippen molar-refractivity contribution in [1.29, 1.82) is 0 Å². The van der Waals surface area contributed by atoms with Gasteiger partial charge in [-0.05, 0) is 53.2 Å². The summed E-state index contributed by atoms with van der Waals surface area (Å²) in [7, 11) is 0. The first-order valence-corrected chi connectivity index (χ1v) is 8.95. The minimum atomic E-state index is -1.03. The van der Waals surface area contributed by atoms with Gasteiger partial charge in [0.05, 0.1) is 27.1 Å². The second kappa shape index (κ2) is 7.53. The van der Waals surface area contributed by atoms with Crippen molar-refractivity contribution in [2.24, 2.45) is 0 Å². The number of carboxylic acid groups (broad SMARTS) is 1. The molecule has 26 heavy (non-hydrogen) atoms. The summed E-state index contributed by atoms with van der Waals surface area (Å²) in [6.45, 7) is 0.0941. The highest BCUT2D eigenvalue weighted by molar-refractivity contribution is 8.18. The molecule has 3 rings (SSSR count). The van der Waals surface area contributed by atoms with E-state index in [1.165, 1.54) is 12.1 Å². The fraction of sp³-hybridized carbons (Fsp3) is 0.0556. The largest absolute Gasteiger partial charge is 0.478 e. The first kappa shape index (κ1) is 18.5. The molecule has 1 heterocycles. The molecule has 1 saturated heterocycles. The van der Waals surface area contributed by atoms with Crippen LogP contribution in [0, 0.1) is 0 Å². The van der Waals surface area contributed by atoms with Gasteiger partial charge in [-0.2, -0.15) is 0 Å². The lowest BCUT2D eigenvalue weighted by atomic mass is 10.1. The molecule has 0 spiro atoms. The number of carbonyl (C=O) groups is 3. The average Bonchev–Trinajstić information content (AvgIpc) is 2.86. The van der Waals surface area contributed by atoms with Crippen LogP contribution < -0.4 is 0 Å². The molecular formula is C18H11Cl2NO4S. The fourth-order valence-corrected chi connectivity index (χ4v) is 3.49. The second-order valence-electron chi connectivity index (χ2n) is 5.44. The van der Waals surface area contributed by atoms with Crippen molar-refractivity contribution in [3.05, 3.63) is 74.1 Å². The first-order chi connectivity index (χ1) is 12.3. The van der Waals surface area contributed by atoms with Gasteiger partial charge in [-0.25, -0.2) is 4.79 Å². The Kier molecular flexibility index (Phi) is 5.36. The molecule has 0 aromatic heterocycles. The maximum Gasteiger partial charge on any atom is 0.335 e. The Balaban J connectivity index is 1.79. The van der Waals surface area contributed by atoms with E-state index in [0.29, 0.717) is 21.2 Å². The van der Waals surface area contributed by atoms with E-state index in [0.717, 1.165) is 16.7 Å². The van der Waals surface area contributed by atoms with Crippen molar-refractivity contribution in [2.75, 3.05) is 0 Å². The zero-order chi connectivity index (χ0) is 18.8. The number of hydrogen-bond acceptors (Lipinski definition) is 4. The number of carbonyl (C=O) groups excluding carboxylic acids is 2. The maximum atomic E-state index is 12.5. The Hall–Kier alpha value is -2.28. The molecule has 2 aromatic carbocycles. The number of aromatic carboxylic acids is 1. The van der Waals surface area contributed by atoms with Gasteiger partial charge < -0.3 is 5.11 Å². The monoisotopic (exact) mass is 407 g/mol. The maximum absolute atomic E-state index is 12.5. The van der Waals surface area contributed by atoms with Crippen LogP contribution in [0.3, 0.4) is 0 Å². The highest BCUT2D eigenvalue weighted by Crippen LogP contribution is 2.34. The smallest absolute Gasteiger partial charge is 0.335 e. The third-order valence-corrected chi connectivity index (χ3v) is 5.30. The van der Waals surface area contributed by atoms with Crippen molar-refractivity contribution in [2.45, 2.75) is 6.54 Å². The summed E-state index contributed by atoms with van der Waals surface area (Å²) in [5.41, 5.74) is 1.47. The molecule has 132 valence electrons. The number of benzene rings is 2. The number of imide groups is 1. The Bertz CT molecular complexity index is 941. The van der Waals surface area contributed by atoms with E-state index in [4.69, 9.17) is 28.3 Å². The summed E-state index contributed by atoms with van der Waals surface area (Å²) < 4.78 is 0. The van der Waals surface area contributed by atoms with Crippen molar-refractivity contribution in [1.82, 2.24) is 4.90 Å². The number of thioether (sulfide) groups is 1. The Morgan fingerprint density at radius 3 is 2.38 bits per heavy atom. The van der Waals surface area contributed by atoms with Crippen molar-refractivity contribution < 1.29 is 19.5 Å². The van der Waals surface area contributed by atoms with E-state index in [1.807, 2.05) is 0 Å². The number of halogens is 2. The van der Waals surface area contributed by atoms with Crippen LogP contribution in [-0.2, 0) is 11.3 Å². The van der Waals surface area contributed by atoms with Crippen molar-refractivity contribution in [3.8, 4) is 0 Å². The van der Waals surface area contributed by atoms with Crippen molar-refractivity contribution in [3.63, 3.8) is 0 Å². The highest BCUT2D eigenvalue weighted by atomic mass is 35.5. The van der Waals surface area contributed by atoms with Crippen LogP contribution in [0.2, 0.25) is 10.0 Å². The highest BCUT2D eigenvalue weighted by Gasteiger charge is 2.35. The topological polar surface area (TPSA) is 74.7 Å². The molecule has 1 N–H and O–H groups in total. The van der Waals surface area contributed by atoms with E-state index in [1.54, 1.807) is 36.4 Å². The normalized spacial score (nSPS) is 15.8. The summed E-state index contributed by atoms with van der Waals surface area (Å²) in [4.78, 5) is 37.0. The second-order valence-corrected chi connectivity index (χ2v) is 7.25. The summed E-state index contributed by atoms with van der Waals surface area (Å²) in [5, 5.41) is 9.27. The lowest BCUT2D eigenvalue weighted by Gasteiger charge is -2.12. The molecule has 0 saturated carbocycles. The van der Waals surface area contributed by atoms with E-state index in [9.17, 15) is 14.4 Å². The predicted octanol–water partition coefficient (Wildman–Crippen LogP) is 4.93. The molecule has 8 heteroatoms. The van der Waals surface area contributed by atoms with Gasteiger partial charge in [-0.1, -0.05) is 41.4 Å². The number of carboxylic acids is 1. The van der Waals surface area contributed by atoms with Crippen LogP contribution in [0.25, 0.3) is 6.08 Å². The van der Waals surface area contributed by atoms with E-state index >= 15 is 0 Å². The molecule has 5 nitrogen and oxygen atoms in total. The minimum absolute atomic E-state index is 0.0941. The zero-order valence-corrected chi connectivity index (χ0v) is 15.4. The predicted molar refractivity (Wildman–Crippen MR) is 101 cm³/mol. The number of hydrogen-bond donors (Lipinski definition) is 1. The molecule has 0 bridgehead atoms. The number of rotatable bonds is 4. The molecule has 1 aliphatic rings. The van der Waals surface area contributed by atoms with Gasteiger partial charge in [0.25, 0.3) is 11.1 Å². The molecule has 1 fully saturated rings. The summed E-state index contributed by atoms with van der Waals surface area (Å²) in [6, 6.07) is 11.0. The van der Waals surface area contributed by atoms with Gasteiger partial charge >= 0.3 is 5.97 Å². The third-order valence-electron chi connectivity index (χ3n) is 3.65. The van der Waals surface area contributed by atoms with E-state index in [-0.39, 0.29) is 22.3 Å². The fourth-order valence-electron chi connectivity index (χ4n) is 2.33. The summed E-state index contributed by atoms with van der Waals surface area (Å²) in [5.74, 6) is -1.44. The third kappa shape index (κ3) is 3.93. The van der Waals surface area contributed by atoms with Crippen LogP contribution in [0.5, 0.6) is 0 Å². The zero-order valence-electron chi connectivity index (χ0n) is 13.1. The van der Waals surface area contributed by atoms with Gasteiger partial charge in [0, 0.05) is 0 Å². The molecule has 1 aliphatic heterocycles. The lowest BCUT2D eigenvalue weighted by Crippen LogP contribution is -2.27. The standard InChI is InChI=1S/C18H11Cl2NO4S/c19-13-6-3-11(7-14(13)20)9-21-16(22)15(26-18(21)25)8-10-1-4-12(5-2-10)17(23)24/h1-8H,9H2,(H,23,24)/b15-8-. The number of amides is 2. The van der Waals surface area contributed by atoms with Gasteiger partial charge in [0.2, 0.25) is 0 Å². The molecule has 2 aromatic rings. The Labute approximate surface area is 163 Å². The average molecular weight is 408 g/mol. The lowest BCUT2D eigenvalue weighted by molar-refractivity contribution is -0.123. The van der Waals surface area contributed by atoms with Crippen LogP contribution in [-0.4, -0.2) is 27.1 Å². The van der Waals surface area contributed by atoms with Crippen LogP contribution in [0.15, 0.2) is 47.4 Å². The van der Waals surface area contributed by atoms with Gasteiger partial charge in [0.15, 0.2) is 0 Å². The Morgan fingerprint density at radius 2 is 1.77 bits per heavy atom. The van der Waals surface area contributed by atoms with E-state index < -0.39 is 11.9 Å². The molecule has 0 atom stereocenters. The van der Waals surface area contributed by atoms with Gasteiger partial charge in [-0.3, -0.25) is 14.5 Å². The SMILES string of the molecule is O=C(O)c1ccc(/C=C2\SC(=O)N(Cc3ccc(Cl)c(Cl)c3)C2=O)cc1. The summed E-state index contributed by atoms with van der Waals surface area (Å²) >= 11 is 12.7. The van der Waals surface area contributed by atoms with Crippen LogP contribution >= 0.6 is 35.0 Å². The molecule has 0 aliphatic carbocycles. The van der Waals surface area contributed by atoms with Crippen molar-refractivity contribution >= 4 is 58.2 Å². The van der Waals surface area contributed by atoms with Crippen LogP contribution in [0.4, 0.5) is 4.79 Å². The van der Waals surface area contributed by atoms with Gasteiger partial charge in [0.1, 0.15) is 0 Å². The Morgan fingerprint density at radius 1 is 1.08 bits per heavy atom. The molecule has 2 amide bonds. The van der Waals surface area contributed by atoms with E-state index in [2.05, 4.69) is 0 Å². The van der Waals surface area contributed by atoms with Gasteiger partial charge in [-0.15, -0.1) is 0 Å².